The average Bonchev–Trinajstić information content (AvgIpc) is 2.96. The second kappa shape index (κ2) is 8.13. The van der Waals surface area contributed by atoms with Gasteiger partial charge in [-0.3, -0.25) is 9.69 Å². The van der Waals surface area contributed by atoms with Gasteiger partial charge in [0, 0.05) is 32.9 Å². The summed E-state index contributed by atoms with van der Waals surface area (Å²) in [5.74, 6) is 0.00538. The molecule has 1 amide bonds. The minimum atomic E-state index is -3.16. The molecule has 0 aromatic carbocycles. The first-order valence-electron chi connectivity index (χ1n) is 8.48. The molecule has 1 fully saturated rings. The number of hydrogen-bond acceptors (Lipinski definition) is 4. The highest BCUT2D eigenvalue weighted by Gasteiger charge is 2.27. The molecule has 136 valence electrons. The van der Waals surface area contributed by atoms with E-state index in [-0.39, 0.29) is 17.7 Å². The van der Waals surface area contributed by atoms with Crippen LogP contribution < -0.4 is 10.0 Å². The summed E-state index contributed by atoms with van der Waals surface area (Å²) >= 11 is 0. The summed E-state index contributed by atoms with van der Waals surface area (Å²) in [5, 5.41) is 2.66. The molecule has 1 saturated heterocycles. The molecule has 0 unspecified atom stereocenters. The molecule has 1 atom stereocenters. The van der Waals surface area contributed by atoms with Gasteiger partial charge in [-0.1, -0.05) is 6.42 Å². The molecule has 1 aliphatic rings. The van der Waals surface area contributed by atoms with Crippen LogP contribution in [0.15, 0.2) is 12.1 Å². The van der Waals surface area contributed by atoms with Crippen molar-refractivity contribution in [1.82, 2.24) is 19.5 Å². The Balaban J connectivity index is 2.09. The van der Waals surface area contributed by atoms with E-state index < -0.39 is 10.0 Å². The Labute approximate surface area is 144 Å². The van der Waals surface area contributed by atoms with E-state index in [4.69, 9.17) is 0 Å². The molecular formula is C16H28N4O3S. The zero-order chi connectivity index (χ0) is 17.7. The third-order valence-electron chi connectivity index (χ3n) is 4.68. The second-order valence-corrected chi connectivity index (χ2v) is 8.22. The van der Waals surface area contributed by atoms with Gasteiger partial charge in [0.2, 0.25) is 10.0 Å². The molecule has 2 N–H and O–H groups in total. The molecule has 0 bridgehead atoms. The van der Waals surface area contributed by atoms with Crippen molar-refractivity contribution in [3.63, 3.8) is 0 Å². The van der Waals surface area contributed by atoms with Crippen molar-refractivity contribution in [3.8, 4) is 0 Å². The normalized spacial score (nSPS) is 19.4. The molecule has 8 heteroatoms. The number of nitrogens with zero attached hydrogens (tertiary/aromatic N) is 2. The summed E-state index contributed by atoms with van der Waals surface area (Å²) in [6.45, 7) is 3.67. The van der Waals surface area contributed by atoms with E-state index in [1.165, 1.54) is 0 Å². The van der Waals surface area contributed by atoms with E-state index in [2.05, 4.69) is 14.9 Å². The first kappa shape index (κ1) is 19.0. The van der Waals surface area contributed by atoms with Gasteiger partial charge < -0.3 is 9.88 Å². The van der Waals surface area contributed by atoms with Gasteiger partial charge in [0.15, 0.2) is 0 Å². The van der Waals surface area contributed by atoms with Gasteiger partial charge in [-0.2, -0.15) is 0 Å². The number of amides is 1. The van der Waals surface area contributed by atoms with E-state index in [1.807, 2.05) is 23.7 Å². The van der Waals surface area contributed by atoms with Crippen molar-refractivity contribution in [1.29, 1.82) is 0 Å². The SMILES string of the molecule is CCS(=O)(=O)NCCN1CCCC[C@@H]1c1ccc(C(=O)NC)n1C. The first-order chi connectivity index (χ1) is 11.4. The van der Waals surface area contributed by atoms with Crippen LogP contribution in [0, 0.1) is 0 Å². The lowest BCUT2D eigenvalue weighted by Gasteiger charge is -2.36. The topological polar surface area (TPSA) is 83.4 Å². The number of rotatable bonds is 7. The maximum absolute atomic E-state index is 11.9. The van der Waals surface area contributed by atoms with Crippen LogP contribution >= 0.6 is 0 Å². The molecule has 2 heterocycles. The third kappa shape index (κ3) is 4.37. The number of carbonyl (C=O) groups excluding carboxylic acids is 1. The molecular weight excluding hydrogens is 328 g/mol. The quantitative estimate of drug-likeness (QED) is 0.759. The molecule has 0 saturated carbocycles. The Morgan fingerprint density at radius 2 is 2.08 bits per heavy atom. The van der Waals surface area contributed by atoms with Crippen molar-refractivity contribution in [2.45, 2.75) is 32.2 Å². The molecule has 1 aromatic heterocycles. The Morgan fingerprint density at radius 1 is 1.33 bits per heavy atom. The van der Waals surface area contributed by atoms with Crippen LogP contribution in [0.1, 0.15) is 48.4 Å². The van der Waals surface area contributed by atoms with Crippen LogP contribution in [-0.2, 0) is 17.1 Å². The minimum Gasteiger partial charge on any atom is -0.354 e. The summed E-state index contributed by atoms with van der Waals surface area (Å²) < 4.78 is 27.7. The fraction of sp³-hybridized carbons (Fsp3) is 0.688. The predicted molar refractivity (Wildman–Crippen MR) is 94.4 cm³/mol. The van der Waals surface area contributed by atoms with Gasteiger partial charge in [0.25, 0.3) is 5.91 Å². The van der Waals surface area contributed by atoms with Crippen molar-refractivity contribution < 1.29 is 13.2 Å². The van der Waals surface area contributed by atoms with E-state index in [0.29, 0.717) is 18.8 Å². The zero-order valence-electron chi connectivity index (χ0n) is 14.7. The van der Waals surface area contributed by atoms with Crippen molar-refractivity contribution in [3.05, 3.63) is 23.5 Å². The van der Waals surface area contributed by atoms with Gasteiger partial charge in [-0.25, -0.2) is 13.1 Å². The van der Waals surface area contributed by atoms with Gasteiger partial charge in [0.05, 0.1) is 11.8 Å². The predicted octanol–water partition coefficient (Wildman–Crippen LogP) is 0.851. The van der Waals surface area contributed by atoms with Gasteiger partial charge in [0.1, 0.15) is 5.69 Å². The van der Waals surface area contributed by atoms with E-state index in [1.54, 1.807) is 14.0 Å². The Kier molecular flexibility index (Phi) is 6.42. The van der Waals surface area contributed by atoms with Crippen LogP contribution in [0.2, 0.25) is 0 Å². The molecule has 7 nitrogen and oxygen atoms in total. The number of aromatic nitrogens is 1. The van der Waals surface area contributed by atoms with Crippen LogP contribution in [0.3, 0.4) is 0 Å². The lowest BCUT2D eigenvalue weighted by atomic mass is 9.99. The largest absolute Gasteiger partial charge is 0.354 e. The second-order valence-electron chi connectivity index (χ2n) is 6.13. The fourth-order valence-electron chi connectivity index (χ4n) is 3.26. The minimum absolute atomic E-state index is 0.0955. The molecule has 0 radical (unpaired) electrons. The first-order valence-corrected chi connectivity index (χ1v) is 10.1. The average molecular weight is 356 g/mol. The number of piperidine rings is 1. The van der Waals surface area contributed by atoms with Crippen molar-refractivity contribution in [2.24, 2.45) is 7.05 Å². The lowest BCUT2D eigenvalue weighted by molar-refractivity contribution is 0.0952. The summed E-state index contributed by atoms with van der Waals surface area (Å²) in [4.78, 5) is 14.2. The van der Waals surface area contributed by atoms with Crippen LogP contribution in [-0.4, -0.2) is 56.2 Å². The lowest BCUT2D eigenvalue weighted by Crippen LogP contribution is -2.40. The third-order valence-corrected chi connectivity index (χ3v) is 6.08. The fourth-order valence-corrected chi connectivity index (χ4v) is 3.86. The van der Waals surface area contributed by atoms with Crippen LogP contribution in [0.5, 0.6) is 0 Å². The number of hydrogen-bond donors (Lipinski definition) is 2. The van der Waals surface area contributed by atoms with E-state index >= 15 is 0 Å². The number of sulfonamides is 1. The van der Waals surface area contributed by atoms with Crippen molar-refractivity contribution >= 4 is 15.9 Å². The smallest absolute Gasteiger partial charge is 0.267 e. The monoisotopic (exact) mass is 356 g/mol. The maximum atomic E-state index is 11.9. The highest BCUT2D eigenvalue weighted by molar-refractivity contribution is 7.89. The summed E-state index contributed by atoms with van der Waals surface area (Å²) in [6, 6.07) is 4.07. The number of likely N-dealkylation sites (tertiary alicyclic amines) is 1. The summed E-state index contributed by atoms with van der Waals surface area (Å²) in [7, 11) is 0.380. The molecule has 1 aromatic rings. The van der Waals surface area contributed by atoms with E-state index in [0.717, 1.165) is 31.5 Å². The Morgan fingerprint density at radius 3 is 2.75 bits per heavy atom. The van der Waals surface area contributed by atoms with E-state index in [9.17, 15) is 13.2 Å². The van der Waals surface area contributed by atoms with Gasteiger partial charge in [-0.15, -0.1) is 0 Å². The molecule has 2 rings (SSSR count). The highest BCUT2D eigenvalue weighted by atomic mass is 32.2. The standard InChI is InChI=1S/C16H28N4O3S/c1-4-24(22,23)18-10-12-20-11-6-5-7-14(20)13-8-9-15(19(13)3)16(21)17-2/h8-9,14,18H,4-7,10-12H2,1-3H3,(H,17,21)/t14-/m1/s1. The number of carbonyl (C=O) groups is 1. The van der Waals surface area contributed by atoms with Crippen LogP contribution in [0.4, 0.5) is 0 Å². The van der Waals surface area contributed by atoms with Gasteiger partial charge >= 0.3 is 0 Å². The molecule has 24 heavy (non-hydrogen) atoms. The zero-order valence-corrected chi connectivity index (χ0v) is 15.5. The maximum Gasteiger partial charge on any atom is 0.267 e. The van der Waals surface area contributed by atoms with Crippen molar-refractivity contribution in [2.75, 3.05) is 32.4 Å². The Hall–Kier alpha value is -1.38. The Bertz CT molecular complexity index is 669. The molecule has 0 spiro atoms. The highest BCUT2D eigenvalue weighted by Crippen LogP contribution is 2.31. The van der Waals surface area contributed by atoms with Crippen LogP contribution in [0.25, 0.3) is 0 Å². The molecule has 0 aliphatic carbocycles. The summed E-state index contributed by atoms with van der Waals surface area (Å²) in [6.07, 6.45) is 3.28. The van der Waals surface area contributed by atoms with Gasteiger partial charge in [-0.05, 0) is 38.4 Å². The number of nitrogens with one attached hydrogen (secondary N) is 2. The summed E-state index contributed by atoms with van der Waals surface area (Å²) in [5.41, 5.74) is 1.75. The molecule has 1 aliphatic heterocycles.